The maximum Gasteiger partial charge on any atom is 0.177 e. The molecule has 1 aliphatic rings. The Hall–Kier alpha value is -1.85. The number of anilines is 1. The summed E-state index contributed by atoms with van der Waals surface area (Å²) < 4.78 is 0. The zero-order valence-corrected chi connectivity index (χ0v) is 12.2. The van der Waals surface area contributed by atoms with Gasteiger partial charge in [-0.2, -0.15) is 0 Å². The van der Waals surface area contributed by atoms with Crippen LogP contribution in [-0.2, 0) is 0 Å². The van der Waals surface area contributed by atoms with E-state index >= 15 is 0 Å². The predicted octanol–water partition coefficient (Wildman–Crippen LogP) is 2.80. The first kappa shape index (κ1) is 13.6. The molecule has 0 unspecified atom stereocenters. The summed E-state index contributed by atoms with van der Waals surface area (Å²) in [6.45, 7) is 0. The van der Waals surface area contributed by atoms with E-state index < -0.39 is 0 Å². The lowest BCUT2D eigenvalue weighted by Gasteiger charge is -2.26. The number of hydrogen-bond acceptors (Lipinski definition) is 4. The molecule has 0 radical (unpaired) electrons. The van der Waals surface area contributed by atoms with Crippen molar-refractivity contribution in [2.45, 2.75) is 0 Å². The predicted molar refractivity (Wildman–Crippen MR) is 83.1 cm³/mol. The number of hydrazine groups is 2. The number of nitrogens with one attached hydrogen (secondary N) is 1. The number of para-hydroxylation sites is 1. The van der Waals surface area contributed by atoms with Gasteiger partial charge < -0.3 is 0 Å². The van der Waals surface area contributed by atoms with Crippen LogP contribution in [0.3, 0.4) is 0 Å². The molecule has 5 heteroatoms. The van der Waals surface area contributed by atoms with Crippen molar-refractivity contribution in [2.24, 2.45) is 5.10 Å². The molecule has 0 spiro atoms. The molecule has 3 rings (SSSR count). The smallest absolute Gasteiger partial charge is 0.177 e. The molecule has 0 aliphatic carbocycles. The molecular formula is C14H15BrN4. The van der Waals surface area contributed by atoms with Crippen molar-refractivity contribution < 1.29 is 0 Å². The molecule has 0 fully saturated rings. The highest BCUT2D eigenvalue weighted by Crippen LogP contribution is 2.20. The van der Waals surface area contributed by atoms with Gasteiger partial charge in [0.05, 0.1) is 5.69 Å². The molecule has 0 atom stereocenters. The van der Waals surface area contributed by atoms with Crippen molar-refractivity contribution in [2.75, 3.05) is 12.1 Å². The van der Waals surface area contributed by atoms with Crippen molar-refractivity contribution >= 4 is 28.5 Å². The third kappa shape index (κ3) is 2.62. The van der Waals surface area contributed by atoms with E-state index in [0.29, 0.717) is 0 Å². The third-order valence-corrected chi connectivity index (χ3v) is 2.83. The Morgan fingerprint density at radius 3 is 2.11 bits per heavy atom. The third-order valence-electron chi connectivity index (χ3n) is 2.83. The Labute approximate surface area is 123 Å². The summed E-state index contributed by atoms with van der Waals surface area (Å²) in [6.07, 6.45) is 0. The van der Waals surface area contributed by atoms with Crippen molar-refractivity contribution in [3.8, 4) is 0 Å². The zero-order chi connectivity index (χ0) is 12.4. The molecule has 98 valence electrons. The number of hydrazone groups is 1. The molecule has 1 N–H and O–H groups in total. The zero-order valence-electron chi connectivity index (χ0n) is 10.5. The first-order chi connectivity index (χ1) is 8.86. The topological polar surface area (TPSA) is 30.9 Å². The lowest BCUT2D eigenvalue weighted by Crippen LogP contribution is -2.43. The van der Waals surface area contributed by atoms with Crippen molar-refractivity contribution in [3.05, 3.63) is 66.2 Å². The second kappa shape index (κ2) is 5.86. The quantitative estimate of drug-likeness (QED) is 0.923. The highest BCUT2D eigenvalue weighted by atomic mass is 79.9. The Kier molecular flexibility index (Phi) is 4.19. The van der Waals surface area contributed by atoms with Gasteiger partial charge in [0.25, 0.3) is 0 Å². The summed E-state index contributed by atoms with van der Waals surface area (Å²) in [5, 5.41) is 8.26. The van der Waals surface area contributed by atoms with Gasteiger partial charge in [-0.3, -0.25) is 0 Å². The second-order valence-corrected chi connectivity index (χ2v) is 4.07. The number of halogens is 1. The molecular weight excluding hydrogens is 304 g/mol. The molecule has 19 heavy (non-hydrogen) atoms. The summed E-state index contributed by atoms with van der Waals surface area (Å²) in [7, 11) is 1.94. The van der Waals surface area contributed by atoms with Crippen molar-refractivity contribution in [1.29, 1.82) is 0 Å². The van der Waals surface area contributed by atoms with Crippen molar-refractivity contribution in [3.63, 3.8) is 0 Å². The maximum absolute atomic E-state index is 4.36. The fourth-order valence-corrected chi connectivity index (χ4v) is 1.99. The van der Waals surface area contributed by atoms with E-state index in [1.54, 1.807) is 0 Å². The van der Waals surface area contributed by atoms with Gasteiger partial charge in [0.2, 0.25) is 0 Å². The van der Waals surface area contributed by atoms with Gasteiger partial charge in [0, 0.05) is 12.6 Å². The van der Waals surface area contributed by atoms with Gasteiger partial charge >= 0.3 is 0 Å². The fraction of sp³-hybridized carbons (Fsp3) is 0.0714. The summed E-state index contributed by atoms with van der Waals surface area (Å²) in [4.78, 5) is 0. The number of nitrogens with zero attached hydrogens (tertiary/aromatic N) is 3. The SMILES string of the molecule is Br.CN1NN=C(c2ccccc2)N1c1ccccc1. The second-order valence-electron chi connectivity index (χ2n) is 4.07. The molecule has 0 bridgehead atoms. The van der Waals surface area contributed by atoms with E-state index in [1.165, 1.54) is 0 Å². The van der Waals surface area contributed by atoms with Gasteiger partial charge in [0.15, 0.2) is 5.84 Å². The molecule has 2 aromatic rings. The van der Waals surface area contributed by atoms with E-state index in [1.807, 2.05) is 53.6 Å². The van der Waals surface area contributed by atoms with Crippen LogP contribution in [0.2, 0.25) is 0 Å². The van der Waals surface area contributed by atoms with Crippen LogP contribution >= 0.6 is 17.0 Å². The van der Waals surface area contributed by atoms with Crippen LogP contribution in [0.15, 0.2) is 65.8 Å². The van der Waals surface area contributed by atoms with Gasteiger partial charge in [-0.05, 0) is 12.1 Å². The Balaban J connectivity index is 0.00000133. The normalized spacial score (nSPS) is 14.6. The van der Waals surface area contributed by atoms with E-state index in [4.69, 9.17) is 0 Å². The summed E-state index contributed by atoms with van der Waals surface area (Å²) in [6, 6.07) is 20.3. The minimum Gasteiger partial charge on any atom is -0.236 e. The minimum absolute atomic E-state index is 0. The summed E-state index contributed by atoms with van der Waals surface area (Å²) in [5.41, 5.74) is 5.12. The van der Waals surface area contributed by atoms with Gasteiger partial charge in [0.1, 0.15) is 0 Å². The largest absolute Gasteiger partial charge is 0.236 e. The molecule has 0 saturated carbocycles. The number of benzene rings is 2. The monoisotopic (exact) mass is 318 g/mol. The lowest BCUT2D eigenvalue weighted by molar-refractivity contribution is 0.278. The Morgan fingerprint density at radius 2 is 1.47 bits per heavy atom. The highest BCUT2D eigenvalue weighted by Gasteiger charge is 2.24. The van der Waals surface area contributed by atoms with Gasteiger partial charge in [-0.25, -0.2) is 10.5 Å². The number of rotatable bonds is 2. The standard InChI is InChI=1S/C14H14N4.BrH/c1-17-16-15-14(12-8-4-2-5-9-12)18(17)13-10-6-3-7-11-13;/h2-11,16H,1H3;1H. The van der Waals surface area contributed by atoms with Crippen LogP contribution in [0.4, 0.5) is 5.69 Å². The number of hydrogen-bond donors (Lipinski definition) is 1. The molecule has 1 aliphatic heterocycles. The molecule has 0 saturated heterocycles. The van der Waals surface area contributed by atoms with Crippen LogP contribution in [0.5, 0.6) is 0 Å². The molecule has 0 aromatic heterocycles. The molecule has 0 amide bonds. The first-order valence-corrected chi connectivity index (χ1v) is 5.84. The molecule has 4 nitrogen and oxygen atoms in total. The van der Waals surface area contributed by atoms with Gasteiger partial charge in [-0.15, -0.1) is 27.2 Å². The van der Waals surface area contributed by atoms with E-state index in [2.05, 4.69) is 34.9 Å². The van der Waals surface area contributed by atoms with Crippen LogP contribution in [-0.4, -0.2) is 18.0 Å². The van der Waals surface area contributed by atoms with E-state index in [-0.39, 0.29) is 17.0 Å². The average Bonchev–Trinajstić information content (AvgIpc) is 2.83. The minimum atomic E-state index is 0. The van der Waals surface area contributed by atoms with Gasteiger partial charge in [-0.1, -0.05) is 48.5 Å². The summed E-state index contributed by atoms with van der Waals surface area (Å²) >= 11 is 0. The Morgan fingerprint density at radius 1 is 0.895 bits per heavy atom. The van der Waals surface area contributed by atoms with Crippen molar-refractivity contribution in [1.82, 2.24) is 10.7 Å². The summed E-state index contributed by atoms with van der Waals surface area (Å²) in [5.74, 6) is 0.893. The maximum atomic E-state index is 4.36. The van der Waals surface area contributed by atoms with Crippen LogP contribution in [0.25, 0.3) is 0 Å². The van der Waals surface area contributed by atoms with Crippen LogP contribution in [0.1, 0.15) is 5.56 Å². The average molecular weight is 319 g/mol. The van der Waals surface area contributed by atoms with E-state index in [9.17, 15) is 0 Å². The Bertz CT molecular complexity index is 556. The molecule has 1 heterocycles. The van der Waals surface area contributed by atoms with E-state index in [0.717, 1.165) is 17.1 Å². The fourth-order valence-electron chi connectivity index (χ4n) is 1.99. The lowest BCUT2D eigenvalue weighted by atomic mass is 10.2. The molecule has 2 aromatic carbocycles. The van der Waals surface area contributed by atoms with Crippen LogP contribution in [0, 0.1) is 0 Å². The highest BCUT2D eigenvalue weighted by molar-refractivity contribution is 8.93. The first-order valence-electron chi connectivity index (χ1n) is 5.84. The van der Waals surface area contributed by atoms with Crippen LogP contribution < -0.4 is 10.5 Å². The number of amidine groups is 1.